The Kier molecular flexibility index (Phi) is 4.71. The van der Waals surface area contributed by atoms with Crippen molar-refractivity contribution in [1.29, 1.82) is 0 Å². The molecule has 4 nitrogen and oxygen atoms in total. The van der Waals surface area contributed by atoms with E-state index in [2.05, 4.69) is 24.1 Å². The SMILES string of the molecule is CC(C)[C@H](NCc1cc(=O)n2ccccc2n1)c1ccc(F)cc1. The minimum atomic E-state index is -0.245. The highest BCUT2D eigenvalue weighted by molar-refractivity contribution is 5.38. The van der Waals surface area contributed by atoms with Crippen LogP contribution < -0.4 is 10.9 Å². The van der Waals surface area contributed by atoms with Crippen LogP contribution in [0, 0.1) is 11.7 Å². The van der Waals surface area contributed by atoms with Gasteiger partial charge in [0.1, 0.15) is 11.5 Å². The first-order valence-corrected chi connectivity index (χ1v) is 8.01. The third-order valence-corrected chi connectivity index (χ3v) is 4.02. The van der Waals surface area contributed by atoms with Crippen LogP contribution in [-0.4, -0.2) is 9.38 Å². The van der Waals surface area contributed by atoms with E-state index in [0.717, 1.165) is 5.56 Å². The molecular formula is C19H20FN3O. The summed E-state index contributed by atoms with van der Waals surface area (Å²) in [5, 5.41) is 3.43. The molecule has 1 aromatic carbocycles. The summed E-state index contributed by atoms with van der Waals surface area (Å²) in [6.45, 7) is 4.67. The molecule has 0 unspecified atom stereocenters. The first-order chi connectivity index (χ1) is 11.5. The Morgan fingerprint density at radius 2 is 1.92 bits per heavy atom. The standard InChI is InChI=1S/C19H20FN3O/c1-13(2)19(14-6-8-15(20)9-7-14)21-12-16-11-18(24)23-10-4-3-5-17(23)22-16/h3-11,13,19,21H,12H2,1-2H3/t19-/m0/s1. The molecule has 0 spiro atoms. The molecule has 0 aliphatic carbocycles. The molecule has 0 saturated heterocycles. The normalized spacial score (nSPS) is 12.7. The molecule has 0 radical (unpaired) electrons. The van der Waals surface area contributed by atoms with Gasteiger partial charge in [-0.2, -0.15) is 0 Å². The zero-order valence-electron chi connectivity index (χ0n) is 13.7. The molecule has 2 aromatic heterocycles. The van der Waals surface area contributed by atoms with Crippen LogP contribution in [0.25, 0.3) is 5.65 Å². The fourth-order valence-corrected chi connectivity index (χ4v) is 2.82. The van der Waals surface area contributed by atoms with E-state index >= 15 is 0 Å². The number of hydrogen-bond acceptors (Lipinski definition) is 3. The zero-order chi connectivity index (χ0) is 17.1. The van der Waals surface area contributed by atoms with Crippen LogP contribution in [0.4, 0.5) is 4.39 Å². The van der Waals surface area contributed by atoms with E-state index in [1.54, 1.807) is 30.5 Å². The predicted octanol–water partition coefficient (Wildman–Crippen LogP) is 3.32. The molecule has 124 valence electrons. The summed E-state index contributed by atoms with van der Waals surface area (Å²) >= 11 is 0. The lowest BCUT2D eigenvalue weighted by molar-refractivity contribution is 0.408. The molecule has 3 aromatic rings. The Bertz CT molecular complexity index is 887. The quantitative estimate of drug-likeness (QED) is 0.783. The van der Waals surface area contributed by atoms with Crippen LogP contribution in [0.1, 0.15) is 31.1 Å². The molecule has 2 heterocycles. The summed E-state index contributed by atoms with van der Waals surface area (Å²) in [5.74, 6) is 0.0717. The van der Waals surface area contributed by atoms with E-state index in [0.29, 0.717) is 23.8 Å². The second-order valence-corrected chi connectivity index (χ2v) is 6.17. The molecule has 0 aliphatic heterocycles. The van der Waals surface area contributed by atoms with Gasteiger partial charge in [-0.15, -0.1) is 0 Å². The van der Waals surface area contributed by atoms with Crippen LogP contribution in [-0.2, 0) is 6.54 Å². The lowest BCUT2D eigenvalue weighted by atomic mass is 9.96. The number of pyridine rings is 1. The summed E-state index contributed by atoms with van der Waals surface area (Å²) in [4.78, 5) is 16.7. The van der Waals surface area contributed by atoms with Crippen LogP contribution >= 0.6 is 0 Å². The third-order valence-electron chi connectivity index (χ3n) is 4.02. The van der Waals surface area contributed by atoms with Crippen molar-refractivity contribution in [3.8, 4) is 0 Å². The monoisotopic (exact) mass is 325 g/mol. The smallest absolute Gasteiger partial charge is 0.258 e. The average molecular weight is 325 g/mol. The molecule has 24 heavy (non-hydrogen) atoms. The molecule has 1 atom stereocenters. The largest absolute Gasteiger partial charge is 0.304 e. The number of nitrogens with one attached hydrogen (secondary N) is 1. The van der Waals surface area contributed by atoms with Gasteiger partial charge in [0.2, 0.25) is 0 Å². The summed E-state index contributed by atoms with van der Waals surface area (Å²) in [6.07, 6.45) is 1.71. The van der Waals surface area contributed by atoms with Gasteiger partial charge in [-0.1, -0.05) is 32.0 Å². The van der Waals surface area contributed by atoms with E-state index in [1.807, 2.05) is 12.1 Å². The Hall–Kier alpha value is -2.53. The number of hydrogen-bond donors (Lipinski definition) is 1. The van der Waals surface area contributed by atoms with E-state index in [1.165, 1.54) is 16.5 Å². The van der Waals surface area contributed by atoms with E-state index in [4.69, 9.17) is 0 Å². The first kappa shape index (κ1) is 16.3. The van der Waals surface area contributed by atoms with Crippen LogP contribution in [0.3, 0.4) is 0 Å². The van der Waals surface area contributed by atoms with Crippen molar-refractivity contribution in [1.82, 2.24) is 14.7 Å². The average Bonchev–Trinajstić information content (AvgIpc) is 2.56. The van der Waals surface area contributed by atoms with Crippen LogP contribution in [0.5, 0.6) is 0 Å². The number of rotatable bonds is 5. The second kappa shape index (κ2) is 6.93. The molecule has 0 fully saturated rings. The van der Waals surface area contributed by atoms with Gasteiger partial charge in [-0.05, 0) is 35.7 Å². The highest BCUT2D eigenvalue weighted by Gasteiger charge is 2.16. The molecule has 0 bridgehead atoms. The second-order valence-electron chi connectivity index (χ2n) is 6.17. The zero-order valence-corrected chi connectivity index (χ0v) is 13.7. The highest BCUT2D eigenvalue weighted by atomic mass is 19.1. The Labute approximate surface area is 140 Å². The van der Waals surface area contributed by atoms with Crippen molar-refractivity contribution in [2.45, 2.75) is 26.4 Å². The predicted molar refractivity (Wildman–Crippen MR) is 92.3 cm³/mol. The summed E-state index contributed by atoms with van der Waals surface area (Å²) < 4.78 is 14.6. The number of aromatic nitrogens is 2. The maximum absolute atomic E-state index is 13.1. The number of nitrogens with zero attached hydrogens (tertiary/aromatic N) is 2. The number of halogens is 1. The minimum Gasteiger partial charge on any atom is -0.304 e. The molecule has 3 rings (SSSR count). The topological polar surface area (TPSA) is 46.4 Å². The van der Waals surface area contributed by atoms with Gasteiger partial charge in [0.15, 0.2) is 0 Å². The molecule has 1 N–H and O–H groups in total. The fourth-order valence-electron chi connectivity index (χ4n) is 2.82. The molecule has 0 amide bonds. The Balaban J connectivity index is 1.82. The number of benzene rings is 1. The van der Waals surface area contributed by atoms with Crippen molar-refractivity contribution in [2.24, 2.45) is 5.92 Å². The summed E-state index contributed by atoms with van der Waals surface area (Å²) in [5.41, 5.74) is 2.24. The molecule has 0 aliphatic rings. The van der Waals surface area contributed by atoms with E-state index in [-0.39, 0.29) is 17.4 Å². The van der Waals surface area contributed by atoms with Crippen molar-refractivity contribution in [2.75, 3.05) is 0 Å². The van der Waals surface area contributed by atoms with Gasteiger partial charge in [-0.25, -0.2) is 9.37 Å². The van der Waals surface area contributed by atoms with Crippen molar-refractivity contribution in [3.05, 3.63) is 82.2 Å². The van der Waals surface area contributed by atoms with Gasteiger partial charge in [-0.3, -0.25) is 9.20 Å². The maximum Gasteiger partial charge on any atom is 0.258 e. The summed E-state index contributed by atoms with van der Waals surface area (Å²) in [7, 11) is 0. The molecule has 5 heteroatoms. The lowest BCUT2D eigenvalue weighted by Crippen LogP contribution is -2.27. The van der Waals surface area contributed by atoms with Crippen LogP contribution in [0.15, 0.2) is 59.5 Å². The van der Waals surface area contributed by atoms with Crippen LogP contribution in [0.2, 0.25) is 0 Å². The molecular weight excluding hydrogens is 305 g/mol. The lowest BCUT2D eigenvalue weighted by Gasteiger charge is -2.23. The highest BCUT2D eigenvalue weighted by Crippen LogP contribution is 2.22. The third kappa shape index (κ3) is 3.51. The van der Waals surface area contributed by atoms with Gasteiger partial charge < -0.3 is 5.32 Å². The van der Waals surface area contributed by atoms with Crippen molar-refractivity contribution >= 4 is 5.65 Å². The van der Waals surface area contributed by atoms with Gasteiger partial charge in [0.25, 0.3) is 5.56 Å². The maximum atomic E-state index is 13.1. The van der Waals surface area contributed by atoms with Gasteiger partial charge >= 0.3 is 0 Å². The minimum absolute atomic E-state index is 0.0571. The van der Waals surface area contributed by atoms with E-state index in [9.17, 15) is 9.18 Å². The van der Waals surface area contributed by atoms with Gasteiger partial charge in [0.05, 0.1) is 5.69 Å². The Morgan fingerprint density at radius 3 is 2.62 bits per heavy atom. The van der Waals surface area contributed by atoms with Crippen molar-refractivity contribution < 1.29 is 4.39 Å². The number of fused-ring (bicyclic) bond motifs is 1. The Morgan fingerprint density at radius 1 is 1.17 bits per heavy atom. The van der Waals surface area contributed by atoms with Gasteiger partial charge in [0, 0.05) is 24.8 Å². The van der Waals surface area contributed by atoms with Crippen molar-refractivity contribution in [3.63, 3.8) is 0 Å². The molecule has 0 saturated carbocycles. The first-order valence-electron chi connectivity index (χ1n) is 8.01. The summed E-state index contributed by atoms with van der Waals surface area (Å²) in [6, 6.07) is 13.6. The van der Waals surface area contributed by atoms with E-state index < -0.39 is 0 Å². The fraction of sp³-hybridized carbons (Fsp3) is 0.263.